The molecule has 0 radical (unpaired) electrons. The standard InChI is InChI=1S/C9H8BrF2NO2/c1-2-9(12,8(14)15)6-4-3-5(11)7(10)13-6/h3-4H,2H2,1H3,(H,14,15). The van der Waals surface area contributed by atoms with Gasteiger partial charge in [0.15, 0.2) is 5.82 Å². The highest BCUT2D eigenvalue weighted by Crippen LogP contribution is 2.30. The third-order valence-electron chi connectivity index (χ3n) is 2.04. The largest absolute Gasteiger partial charge is 0.479 e. The van der Waals surface area contributed by atoms with Crippen molar-refractivity contribution in [2.45, 2.75) is 19.0 Å². The quantitative estimate of drug-likeness (QED) is 0.866. The number of carboxylic acid groups (broad SMARTS) is 1. The fraction of sp³-hybridized carbons (Fsp3) is 0.333. The molecule has 1 unspecified atom stereocenters. The molecule has 0 saturated carbocycles. The molecule has 1 aromatic rings. The summed E-state index contributed by atoms with van der Waals surface area (Å²) in [4.78, 5) is 14.2. The summed E-state index contributed by atoms with van der Waals surface area (Å²) in [5, 5.41) is 8.72. The first-order valence-corrected chi connectivity index (χ1v) is 4.96. The summed E-state index contributed by atoms with van der Waals surface area (Å²) in [6.07, 6.45) is -0.270. The summed E-state index contributed by atoms with van der Waals surface area (Å²) >= 11 is 2.77. The Labute approximate surface area is 93.3 Å². The van der Waals surface area contributed by atoms with E-state index in [1.807, 2.05) is 0 Å². The van der Waals surface area contributed by atoms with Crippen LogP contribution in [-0.2, 0) is 10.5 Å². The minimum absolute atomic E-state index is 0.197. The van der Waals surface area contributed by atoms with Gasteiger partial charge in [-0.2, -0.15) is 0 Å². The molecule has 0 fully saturated rings. The van der Waals surface area contributed by atoms with Gasteiger partial charge >= 0.3 is 5.97 Å². The van der Waals surface area contributed by atoms with Crippen molar-refractivity contribution in [2.24, 2.45) is 0 Å². The van der Waals surface area contributed by atoms with Gasteiger partial charge in [0.25, 0.3) is 0 Å². The number of carboxylic acids is 1. The summed E-state index contributed by atoms with van der Waals surface area (Å²) < 4.78 is 26.5. The first kappa shape index (κ1) is 12.0. The van der Waals surface area contributed by atoms with E-state index in [-0.39, 0.29) is 16.7 Å². The summed E-state index contributed by atoms with van der Waals surface area (Å²) in [7, 11) is 0. The highest BCUT2D eigenvalue weighted by atomic mass is 79.9. The first-order valence-electron chi connectivity index (χ1n) is 4.16. The molecule has 1 atom stereocenters. The van der Waals surface area contributed by atoms with Gasteiger partial charge in [0.1, 0.15) is 4.60 Å². The maximum absolute atomic E-state index is 13.9. The molecular formula is C9H8BrF2NO2. The molecule has 1 N–H and O–H groups in total. The molecule has 0 aliphatic rings. The van der Waals surface area contributed by atoms with E-state index in [9.17, 15) is 13.6 Å². The maximum atomic E-state index is 13.9. The first-order chi connectivity index (χ1) is 6.91. The molecule has 0 aliphatic heterocycles. The van der Waals surface area contributed by atoms with Crippen LogP contribution in [-0.4, -0.2) is 16.1 Å². The number of alkyl halides is 1. The number of hydrogen-bond donors (Lipinski definition) is 1. The fourth-order valence-corrected chi connectivity index (χ4v) is 1.40. The maximum Gasteiger partial charge on any atom is 0.347 e. The van der Waals surface area contributed by atoms with Gasteiger partial charge in [0.2, 0.25) is 5.67 Å². The van der Waals surface area contributed by atoms with Crippen molar-refractivity contribution in [3.63, 3.8) is 0 Å². The zero-order valence-corrected chi connectivity index (χ0v) is 9.38. The second kappa shape index (κ2) is 4.22. The number of aromatic nitrogens is 1. The molecule has 0 amide bonds. The van der Waals surface area contributed by atoms with E-state index < -0.39 is 17.5 Å². The summed E-state index contributed by atoms with van der Waals surface area (Å²) in [5.74, 6) is -2.29. The minimum Gasteiger partial charge on any atom is -0.479 e. The van der Waals surface area contributed by atoms with Crippen molar-refractivity contribution < 1.29 is 18.7 Å². The average molecular weight is 280 g/mol. The minimum atomic E-state index is -2.57. The van der Waals surface area contributed by atoms with Gasteiger partial charge < -0.3 is 5.11 Å². The van der Waals surface area contributed by atoms with Gasteiger partial charge in [-0.1, -0.05) is 6.92 Å². The van der Waals surface area contributed by atoms with Crippen LogP contribution in [0.15, 0.2) is 16.7 Å². The zero-order valence-electron chi connectivity index (χ0n) is 7.80. The van der Waals surface area contributed by atoms with Crippen LogP contribution in [0.4, 0.5) is 8.78 Å². The number of aliphatic carboxylic acids is 1. The molecule has 3 nitrogen and oxygen atoms in total. The lowest BCUT2D eigenvalue weighted by molar-refractivity contribution is -0.152. The Bertz CT molecular complexity index is 400. The Morgan fingerprint density at radius 1 is 1.67 bits per heavy atom. The highest BCUT2D eigenvalue weighted by molar-refractivity contribution is 9.10. The second-order valence-electron chi connectivity index (χ2n) is 2.93. The molecule has 1 aromatic heterocycles. The average Bonchev–Trinajstić information content (AvgIpc) is 2.20. The van der Waals surface area contributed by atoms with Gasteiger partial charge in [-0.3, -0.25) is 0 Å². The molecule has 0 aliphatic carbocycles. The summed E-state index contributed by atoms with van der Waals surface area (Å²) in [6, 6.07) is 2.00. The molecule has 0 spiro atoms. The highest BCUT2D eigenvalue weighted by Gasteiger charge is 2.40. The zero-order chi connectivity index (χ0) is 11.6. The van der Waals surface area contributed by atoms with E-state index in [1.54, 1.807) is 0 Å². The number of nitrogens with zero attached hydrogens (tertiary/aromatic N) is 1. The Morgan fingerprint density at radius 2 is 2.27 bits per heavy atom. The SMILES string of the molecule is CCC(F)(C(=O)O)c1ccc(F)c(Br)n1. The molecule has 1 rings (SSSR count). The molecule has 15 heavy (non-hydrogen) atoms. The van der Waals surface area contributed by atoms with Crippen molar-refractivity contribution in [1.29, 1.82) is 0 Å². The van der Waals surface area contributed by atoms with Gasteiger partial charge in [-0.05, 0) is 34.5 Å². The van der Waals surface area contributed by atoms with Crippen molar-refractivity contribution in [3.05, 3.63) is 28.2 Å². The summed E-state index contributed by atoms with van der Waals surface area (Å²) in [6.45, 7) is 1.38. The van der Waals surface area contributed by atoms with E-state index in [0.717, 1.165) is 12.1 Å². The smallest absolute Gasteiger partial charge is 0.347 e. The predicted molar refractivity (Wildman–Crippen MR) is 52.6 cm³/mol. The van der Waals surface area contributed by atoms with E-state index in [1.165, 1.54) is 6.92 Å². The second-order valence-corrected chi connectivity index (χ2v) is 3.68. The van der Waals surface area contributed by atoms with Gasteiger partial charge in [0.05, 0.1) is 5.69 Å². The molecule has 0 aromatic carbocycles. The third kappa shape index (κ3) is 2.14. The number of carbonyl (C=O) groups is 1. The molecule has 82 valence electrons. The fourth-order valence-electron chi connectivity index (χ4n) is 1.08. The van der Waals surface area contributed by atoms with Crippen molar-refractivity contribution in [2.75, 3.05) is 0 Å². The van der Waals surface area contributed by atoms with Crippen molar-refractivity contribution in [1.82, 2.24) is 4.98 Å². The molecule has 1 heterocycles. The van der Waals surface area contributed by atoms with E-state index in [4.69, 9.17) is 5.11 Å². The number of rotatable bonds is 3. The number of pyridine rings is 1. The van der Waals surface area contributed by atoms with Gasteiger partial charge in [0, 0.05) is 0 Å². The number of hydrogen-bond acceptors (Lipinski definition) is 2. The van der Waals surface area contributed by atoms with Crippen molar-refractivity contribution >= 4 is 21.9 Å². The summed E-state index contributed by atoms with van der Waals surface area (Å²) in [5.41, 5.74) is -2.89. The van der Waals surface area contributed by atoms with Crippen molar-refractivity contribution in [3.8, 4) is 0 Å². The Balaban J connectivity index is 3.25. The van der Waals surface area contributed by atoms with Crippen LogP contribution in [0, 0.1) is 5.82 Å². The number of halogens is 3. The molecule has 0 bridgehead atoms. The van der Waals surface area contributed by atoms with Crippen LogP contribution in [0.25, 0.3) is 0 Å². The van der Waals surface area contributed by atoms with Crippen LogP contribution in [0.1, 0.15) is 19.0 Å². The predicted octanol–water partition coefficient (Wildman–Crippen LogP) is 2.64. The third-order valence-corrected chi connectivity index (χ3v) is 2.59. The molecule has 6 heteroatoms. The topological polar surface area (TPSA) is 50.2 Å². The lowest BCUT2D eigenvalue weighted by Crippen LogP contribution is -2.31. The Kier molecular flexibility index (Phi) is 3.38. The lowest BCUT2D eigenvalue weighted by atomic mass is 9.98. The van der Waals surface area contributed by atoms with Gasteiger partial charge in [-0.15, -0.1) is 0 Å². The Hall–Kier alpha value is -1.04. The Morgan fingerprint density at radius 3 is 2.67 bits per heavy atom. The molecule has 0 saturated heterocycles. The van der Waals surface area contributed by atoms with Gasteiger partial charge in [-0.25, -0.2) is 18.6 Å². The van der Waals surface area contributed by atoms with Crippen LogP contribution in [0.3, 0.4) is 0 Å². The van der Waals surface area contributed by atoms with Crippen LogP contribution < -0.4 is 0 Å². The van der Waals surface area contributed by atoms with E-state index >= 15 is 0 Å². The van der Waals surface area contributed by atoms with E-state index in [2.05, 4.69) is 20.9 Å². The van der Waals surface area contributed by atoms with Crippen LogP contribution in [0.5, 0.6) is 0 Å². The van der Waals surface area contributed by atoms with E-state index in [0.29, 0.717) is 0 Å². The molecular weight excluding hydrogens is 272 g/mol. The van der Waals surface area contributed by atoms with Crippen LogP contribution >= 0.6 is 15.9 Å². The monoisotopic (exact) mass is 279 g/mol. The lowest BCUT2D eigenvalue weighted by Gasteiger charge is -2.17. The normalized spacial score (nSPS) is 14.7. The van der Waals surface area contributed by atoms with Crippen LogP contribution in [0.2, 0.25) is 0 Å².